The molecule has 1 heterocycles. The van der Waals surface area contributed by atoms with Gasteiger partial charge in [0, 0.05) is 0 Å². The Bertz CT molecular complexity index is 875. The molecule has 0 amide bonds. The summed E-state index contributed by atoms with van der Waals surface area (Å²) in [4.78, 5) is 16.9. The number of benzene rings is 2. The number of aromatic amines is 2. The van der Waals surface area contributed by atoms with Crippen molar-refractivity contribution in [1.82, 2.24) is 9.97 Å². The number of methoxy groups -OCH3 is 3. The first-order valence-electron chi connectivity index (χ1n) is 6.84. The summed E-state index contributed by atoms with van der Waals surface area (Å²) in [6.45, 7) is 0. The molecule has 0 fully saturated rings. The van der Waals surface area contributed by atoms with Crippen LogP contribution in [0.2, 0.25) is 0 Å². The van der Waals surface area contributed by atoms with E-state index in [2.05, 4.69) is 9.97 Å². The van der Waals surface area contributed by atoms with Gasteiger partial charge < -0.3 is 0 Å². The van der Waals surface area contributed by atoms with E-state index < -0.39 is 0 Å². The average Bonchev–Trinajstić information content (AvgIpc) is 2.93. The zero-order valence-electron chi connectivity index (χ0n) is 12.9. The Morgan fingerprint density at radius 2 is 1.48 bits per heavy atom. The molecule has 0 radical (unpaired) electrons. The minimum atomic E-state index is -0.197. The topological polar surface area (TPSA) is 76.3 Å². The molecule has 6 nitrogen and oxygen atoms in total. The van der Waals surface area contributed by atoms with Crippen LogP contribution in [0, 0.1) is 0 Å². The molecule has 3 aromatic rings. The zero-order valence-corrected chi connectivity index (χ0v) is 14.6. The Morgan fingerprint density at radius 1 is 0.826 bits per heavy atom. The van der Waals surface area contributed by atoms with Crippen LogP contribution in [0.1, 0.15) is 0 Å². The fourth-order valence-corrected chi connectivity index (χ4v) is 4.25. The van der Waals surface area contributed by atoms with Crippen molar-refractivity contribution in [2.75, 3.05) is 21.3 Å². The normalized spacial score (nSPS) is 10.7. The summed E-state index contributed by atoms with van der Waals surface area (Å²) < 4.78 is 18.3. The van der Waals surface area contributed by atoms with E-state index in [1.165, 1.54) is 0 Å². The summed E-state index contributed by atoms with van der Waals surface area (Å²) in [6.07, 6.45) is 0. The third-order valence-electron chi connectivity index (χ3n) is 3.36. The molecule has 2 aromatic carbocycles. The number of hydrogen-bond acceptors (Lipinski definition) is 4. The molecule has 0 aliphatic rings. The summed E-state index contributed by atoms with van der Waals surface area (Å²) in [5.74, 6) is 1.86. The van der Waals surface area contributed by atoms with Gasteiger partial charge in [-0.3, -0.25) is 0 Å². The summed E-state index contributed by atoms with van der Waals surface area (Å²) >= 11 is 0.0369. The molecular formula is C16H16N2O4Se. The van der Waals surface area contributed by atoms with Gasteiger partial charge in [-0.1, -0.05) is 0 Å². The number of nitrogens with one attached hydrogen (secondary N) is 2. The second-order valence-corrected chi connectivity index (χ2v) is 7.16. The molecule has 3 rings (SSSR count). The van der Waals surface area contributed by atoms with Crippen LogP contribution in [0.3, 0.4) is 0 Å². The third kappa shape index (κ3) is 3.06. The molecule has 0 aliphatic heterocycles. The number of rotatable bonds is 5. The Balaban J connectivity index is 1.98. The van der Waals surface area contributed by atoms with Gasteiger partial charge >= 0.3 is 138 Å². The summed E-state index contributed by atoms with van der Waals surface area (Å²) in [6, 6.07) is 9.80. The molecule has 0 unspecified atom stereocenters. The summed E-state index contributed by atoms with van der Waals surface area (Å²) in [5, 5.41) is 0. The molecular weight excluding hydrogens is 363 g/mol. The van der Waals surface area contributed by atoms with Crippen LogP contribution in [0.15, 0.2) is 35.1 Å². The van der Waals surface area contributed by atoms with Gasteiger partial charge in [0.2, 0.25) is 0 Å². The first kappa shape index (κ1) is 15.5. The van der Waals surface area contributed by atoms with E-state index in [9.17, 15) is 4.79 Å². The van der Waals surface area contributed by atoms with E-state index in [1.54, 1.807) is 21.3 Å². The number of imidazole rings is 1. The zero-order chi connectivity index (χ0) is 16.4. The van der Waals surface area contributed by atoms with Crippen molar-refractivity contribution in [3.8, 4) is 17.2 Å². The van der Waals surface area contributed by atoms with Gasteiger partial charge in [-0.05, 0) is 0 Å². The molecule has 2 N–H and O–H groups in total. The van der Waals surface area contributed by atoms with Gasteiger partial charge in [-0.2, -0.15) is 0 Å². The summed E-state index contributed by atoms with van der Waals surface area (Å²) in [5.41, 5.74) is 1.42. The molecule has 0 bridgehead atoms. The summed E-state index contributed by atoms with van der Waals surface area (Å²) in [7, 11) is 4.79. The predicted molar refractivity (Wildman–Crippen MR) is 90.0 cm³/mol. The van der Waals surface area contributed by atoms with Gasteiger partial charge in [-0.25, -0.2) is 0 Å². The van der Waals surface area contributed by atoms with Crippen LogP contribution < -0.4 is 28.8 Å². The number of aromatic nitrogens is 2. The maximum atomic E-state index is 11.3. The van der Waals surface area contributed by atoms with Crippen LogP contribution in [0.25, 0.3) is 11.0 Å². The molecule has 7 heteroatoms. The van der Waals surface area contributed by atoms with Crippen molar-refractivity contribution in [3.63, 3.8) is 0 Å². The second-order valence-electron chi connectivity index (χ2n) is 4.75. The number of hydrogen-bond donors (Lipinski definition) is 2. The first-order valence-corrected chi connectivity index (χ1v) is 8.56. The van der Waals surface area contributed by atoms with Crippen molar-refractivity contribution in [2.45, 2.75) is 0 Å². The van der Waals surface area contributed by atoms with Crippen molar-refractivity contribution in [3.05, 3.63) is 40.8 Å². The SMILES string of the molecule is COc1cc([Se]c2ccc3[nH]c(=O)[nH]c3c2)cc(OC)c1OC. The quantitative estimate of drug-likeness (QED) is 0.635. The van der Waals surface area contributed by atoms with Gasteiger partial charge in [0.1, 0.15) is 0 Å². The Hall–Kier alpha value is -2.37. The first-order chi connectivity index (χ1) is 11.1. The standard InChI is InChI=1S/C16H16N2O4Se/c1-20-13-7-10(8-14(21-2)15(13)22-3)23-9-4-5-11-12(6-9)18-16(19)17-11/h4-8H,1-3H3,(H2,17,18,19). The number of fused-ring (bicyclic) bond motifs is 1. The number of ether oxygens (including phenoxy) is 3. The molecule has 0 aliphatic carbocycles. The van der Waals surface area contributed by atoms with Crippen molar-refractivity contribution in [1.29, 1.82) is 0 Å². The van der Waals surface area contributed by atoms with E-state index in [1.807, 2.05) is 30.3 Å². The van der Waals surface area contributed by atoms with Gasteiger partial charge in [-0.15, -0.1) is 0 Å². The molecule has 0 saturated heterocycles. The molecule has 120 valence electrons. The molecule has 0 spiro atoms. The fraction of sp³-hybridized carbons (Fsp3) is 0.188. The van der Waals surface area contributed by atoms with Gasteiger partial charge in [0.15, 0.2) is 0 Å². The predicted octanol–water partition coefficient (Wildman–Crippen LogP) is 0.537. The molecule has 0 atom stereocenters. The molecule has 1 aromatic heterocycles. The van der Waals surface area contributed by atoms with Crippen LogP contribution in [0.4, 0.5) is 0 Å². The third-order valence-corrected chi connectivity index (χ3v) is 5.38. The van der Waals surface area contributed by atoms with Crippen molar-refractivity contribution >= 4 is 34.9 Å². The van der Waals surface area contributed by atoms with Crippen LogP contribution in [-0.4, -0.2) is 46.3 Å². The van der Waals surface area contributed by atoms with Gasteiger partial charge in [0.05, 0.1) is 0 Å². The number of H-pyrrole nitrogens is 2. The van der Waals surface area contributed by atoms with E-state index in [0.717, 1.165) is 20.0 Å². The van der Waals surface area contributed by atoms with E-state index >= 15 is 0 Å². The molecule has 0 saturated carbocycles. The molecule has 23 heavy (non-hydrogen) atoms. The second kappa shape index (κ2) is 6.40. The van der Waals surface area contributed by atoms with Gasteiger partial charge in [0.25, 0.3) is 0 Å². The minimum absolute atomic E-state index is 0.0369. The van der Waals surface area contributed by atoms with Crippen LogP contribution >= 0.6 is 0 Å². The average molecular weight is 379 g/mol. The van der Waals surface area contributed by atoms with Crippen LogP contribution in [-0.2, 0) is 0 Å². The maximum absolute atomic E-state index is 11.3. The van der Waals surface area contributed by atoms with E-state index in [4.69, 9.17) is 14.2 Å². The van der Waals surface area contributed by atoms with Crippen molar-refractivity contribution < 1.29 is 14.2 Å². The van der Waals surface area contributed by atoms with Crippen molar-refractivity contribution in [2.24, 2.45) is 0 Å². The Kier molecular flexibility index (Phi) is 4.32. The Morgan fingerprint density at radius 3 is 2.09 bits per heavy atom. The van der Waals surface area contributed by atoms with E-state index in [0.29, 0.717) is 17.2 Å². The monoisotopic (exact) mass is 380 g/mol. The Labute approximate surface area is 138 Å². The fourth-order valence-electron chi connectivity index (χ4n) is 2.33. The van der Waals surface area contributed by atoms with Crippen LogP contribution in [0.5, 0.6) is 17.2 Å². The van der Waals surface area contributed by atoms with E-state index in [-0.39, 0.29) is 20.6 Å².